The minimum absolute atomic E-state index is 0.0314. The lowest BCUT2D eigenvalue weighted by Gasteiger charge is -2.11. The summed E-state index contributed by atoms with van der Waals surface area (Å²) in [6.45, 7) is 1.25. The van der Waals surface area contributed by atoms with Crippen LogP contribution in [0.1, 0.15) is 31.2 Å². The van der Waals surface area contributed by atoms with Crippen molar-refractivity contribution >= 4 is 5.91 Å². The Labute approximate surface area is 128 Å². The summed E-state index contributed by atoms with van der Waals surface area (Å²) in [5, 5.41) is 7.01. The zero-order chi connectivity index (χ0) is 15.2. The molecular formula is C15H19N5O2. The lowest BCUT2D eigenvalue weighted by Crippen LogP contribution is -2.24. The lowest BCUT2D eigenvalue weighted by molar-refractivity contribution is -0.121. The molecule has 3 heterocycles. The van der Waals surface area contributed by atoms with Crippen molar-refractivity contribution in [1.29, 1.82) is 0 Å². The second kappa shape index (κ2) is 7.13. The molecule has 1 saturated heterocycles. The number of carbonyl (C=O) groups is 1. The minimum Gasteiger partial charge on any atom is -0.378 e. The quantitative estimate of drug-likeness (QED) is 0.868. The van der Waals surface area contributed by atoms with Crippen LogP contribution >= 0.6 is 0 Å². The highest BCUT2D eigenvalue weighted by Crippen LogP contribution is 2.16. The summed E-state index contributed by atoms with van der Waals surface area (Å²) < 4.78 is 7.12. The number of pyridine rings is 1. The molecule has 2 aromatic heterocycles. The highest BCUT2D eigenvalue weighted by Gasteiger charge is 2.16. The van der Waals surface area contributed by atoms with Crippen LogP contribution in [0.2, 0.25) is 0 Å². The summed E-state index contributed by atoms with van der Waals surface area (Å²) in [6, 6.07) is 3.76. The molecule has 2 aromatic rings. The van der Waals surface area contributed by atoms with E-state index in [1.807, 2.05) is 12.1 Å². The third-order valence-corrected chi connectivity index (χ3v) is 3.70. The number of hydrogen-bond donors (Lipinski definition) is 1. The third kappa shape index (κ3) is 3.67. The molecule has 1 fully saturated rings. The number of nitrogens with zero attached hydrogens (tertiary/aromatic N) is 4. The summed E-state index contributed by atoms with van der Waals surface area (Å²) in [5.41, 5.74) is 0.901. The standard InChI is InChI=1S/C15H19N5O2/c21-14(6-5-13-4-2-8-22-13)18-9-12-3-1-7-17-15(12)20-11-16-10-19-20/h1,3,7,10-11,13H,2,4-6,8-9H2,(H,18,21)/t13-/m0/s1. The van der Waals surface area contributed by atoms with Gasteiger partial charge in [0.2, 0.25) is 5.91 Å². The van der Waals surface area contributed by atoms with E-state index in [0.29, 0.717) is 18.8 Å². The molecule has 1 aliphatic heterocycles. The Balaban J connectivity index is 1.54. The number of amides is 1. The molecule has 3 rings (SSSR count). The van der Waals surface area contributed by atoms with Gasteiger partial charge in [0, 0.05) is 31.3 Å². The fourth-order valence-corrected chi connectivity index (χ4v) is 2.54. The molecule has 1 N–H and O–H groups in total. The van der Waals surface area contributed by atoms with Crippen molar-refractivity contribution in [1.82, 2.24) is 25.1 Å². The zero-order valence-corrected chi connectivity index (χ0v) is 12.3. The van der Waals surface area contributed by atoms with Gasteiger partial charge in [0.15, 0.2) is 5.82 Å². The van der Waals surface area contributed by atoms with Gasteiger partial charge >= 0.3 is 0 Å². The van der Waals surface area contributed by atoms with Gasteiger partial charge in [-0.2, -0.15) is 5.10 Å². The lowest BCUT2D eigenvalue weighted by atomic mass is 10.1. The van der Waals surface area contributed by atoms with Crippen molar-refractivity contribution in [2.75, 3.05) is 6.61 Å². The van der Waals surface area contributed by atoms with Crippen LogP contribution in [0, 0.1) is 0 Å². The molecule has 0 bridgehead atoms. The number of carbonyl (C=O) groups excluding carboxylic acids is 1. The SMILES string of the molecule is O=C(CC[C@@H]1CCCO1)NCc1cccnc1-n1cncn1. The van der Waals surface area contributed by atoms with Crippen LogP contribution in [-0.2, 0) is 16.1 Å². The van der Waals surface area contributed by atoms with Crippen molar-refractivity contribution in [2.24, 2.45) is 0 Å². The summed E-state index contributed by atoms with van der Waals surface area (Å²) in [5.74, 6) is 0.711. The van der Waals surface area contributed by atoms with Gasteiger partial charge < -0.3 is 10.1 Å². The van der Waals surface area contributed by atoms with Gasteiger partial charge in [-0.25, -0.2) is 14.6 Å². The largest absolute Gasteiger partial charge is 0.378 e. The Morgan fingerprint density at radius 3 is 3.23 bits per heavy atom. The molecule has 22 heavy (non-hydrogen) atoms. The number of ether oxygens (including phenoxy) is 1. The van der Waals surface area contributed by atoms with Crippen LogP contribution in [0.4, 0.5) is 0 Å². The average molecular weight is 301 g/mol. The average Bonchev–Trinajstić information content (AvgIpc) is 3.24. The summed E-state index contributed by atoms with van der Waals surface area (Å²) in [6.07, 6.45) is 8.42. The van der Waals surface area contributed by atoms with Gasteiger partial charge in [-0.05, 0) is 25.3 Å². The molecule has 1 amide bonds. The fraction of sp³-hybridized carbons (Fsp3) is 0.467. The van der Waals surface area contributed by atoms with Gasteiger partial charge in [0.1, 0.15) is 12.7 Å². The maximum atomic E-state index is 11.9. The molecule has 1 aliphatic rings. The number of nitrogens with one attached hydrogen (secondary N) is 1. The van der Waals surface area contributed by atoms with E-state index in [1.54, 1.807) is 17.2 Å². The molecule has 0 spiro atoms. The molecule has 1 atom stereocenters. The molecule has 0 unspecified atom stereocenters. The summed E-state index contributed by atoms with van der Waals surface area (Å²) in [7, 11) is 0. The first-order valence-electron chi connectivity index (χ1n) is 7.50. The third-order valence-electron chi connectivity index (χ3n) is 3.70. The van der Waals surface area contributed by atoms with Crippen molar-refractivity contribution in [3.63, 3.8) is 0 Å². The van der Waals surface area contributed by atoms with E-state index in [4.69, 9.17) is 4.74 Å². The molecule has 7 nitrogen and oxygen atoms in total. The molecule has 0 saturated carbocycles. The maximum absolute atomic E-state index is 11.9. The van der Waals surface area contributed by atoms with Gasteiger partial charge in [-0.3, -0.25) is 4.79 Å². The highest BCUT2D eigenvalue weighted by atomic mass is 16.5. The first-order chi connectivity index (χ1) is 10.8. The fourth-order valence-electron chi connectivity index (χ4n) is 2.54. The smallest absolute Gasteiger partial charge is 0.220 e. The van der Waals surface area contributed by atoms with Gasteiger partial charge in [-0.15, -0.1) is 0 Å². The molecule has 116 valence electrons. The maximum Gasteiger partial charge on any atom is 0.220 e. The van der Waals surface area contributed by atoms with Crippen LogP contribution in [0.5, 0.6) is 0 Å². The second-order valence-electron chi connectivity index (χ2n) is 5.28. The van der Waals surface area contributed by atoms with E-state index < -0.39 is 0 Å². The molecule has 0 radical (unpaired) electrons. The Hall–Kier alpha value is -2.28. The topological polar surface area (TPSA) is 81.9 Å². The first-order valence-corrected chi connectivity index (χ1v) is 7.50. The molecular weight excluding hydrogens is 282 g/mol. The van der Waals surface area contributed by atoms with Crippen molar-refractivity contribution < 1.29 is 9.53 Å². The van der Waals surface area contributed by atoms with Crippen LogP contribution in [0.25, 0.3) is 5.82 Å². The Morgan fingerprint density at radius 1 is 1.50 bits per heavy atom. The molecule has 0 aromatic carbocycles. The van der Waals surface area contributed by atoms with Gasteiger partial charge in [0.05, 0.1) is 6.10 Å². The molecule has 7 heteroatoms. The van der Waals surface area contributed by atoms with Crippen molar-refractivity contribution in [3.8, 4) is 5.82 Å². The normalized spacial score (nSPS) is 17.5. The monoisotopic (exact) mass is 301 g/mol. The Kier molecular flexibility index (Phi) is 4.75. The Morgan fingerprint density at radius 2 is 2.45 bits per heavy atom. The van der Waals surface area contributed by atoms with E-state index in [9.17, 15) is 4.79 Å². The predicted molar refractivity (Wildman–Crippen MR) is 79.2 cm³/mol. The van der Waals surface area contributed by atoms with Gasteiger partial charge in [0.25, 0.3) is 0 Å². The van der Waals surface area contributed by atoms with Crippen LogP contribution < -0.4 is 5.32 Å². The zero-order valence-electron chi connectivity index (χ0n) is 12.3. The van der Waals surface area contributed by atoms with E-state index in [1.165, 1.54) is 6.33 Å². The first kappa shape index (κ1) is 14.6. The van der Waals surface area contributed by atoms with E-state index in [0.717, 1.165) is 31.4 Å². The minimum atomic E-state index is 0.0314. The second-order valence-corrected chi connectivity index (χ2v) is 5.28. The Bertz CT molecular complexity index is 608. The van der Waals surface area contributed by atoms with Crippen LogP contribution in [0.3, 0.4) is 0 Å². The summed E-state index contributed by atoms with van der Waals surface area (Å²) >= 11 is 0. The van der Waals surface area contributed by atoms with Gasteiger partial charge in [-0.1, -0.05) is 6.07 Å². The van der Waals surface area contributed by atoms with Crippen molar-refractivity contribution in [3.05, 3.63) is 36.5 Å². The van der Waals surface area contributed by atoms with Crippen LogP contribution in [0.15, 0.2) is 31.0 Å². The van der Waals surface area contributed by atoms with Crippen molar-refractivity contribution in [2.45, 2.75) is 38.3 Å². The predicted octanol–water partition coefficient (Wildman–Crippen LogP) is 1.24. The number of aromatic nitrogens is 4. The highest BCUT2D eigenvalue weighted by molar-refractivity contribution is 5.75. The van der Waals surface area contributed by atoms with E-state index in [-0.39, 0.29) is 12.0 Å². The van der Waals surface area contributed by atoms with E-state index >= 15 is 0 Å². The number of hydrogen-bond acceptors (Lipinski definition) is 5. The van der Waals surface area contributed by atoms with Crippen LogP contribution in [-0.4, -0.2) is 38.4 Å². The summed E-state index contributed by atoms with van der Waals surface area (Å²) in [4.78, 5) is 20.2. The van der Waals surface area contributed by atoms with E-state index in [2.05, 4.69) is 20.4 Å². The molecule has 0 aliphatic carbocycles. The number of rotatable bonds is 6.